The fraction of sp³-hybridized carbons (Fsp3) is 0.588. The van der Waals surface area contributed by atoms with Crippen molar-refractivity contribution in [1.29, 1.82) is 0 Å². The highest BCUT2D eigenvalue weighted by atomic mass is 16.1. The van der Waals surface area contributed by atoms with Gasteiger partial charge in [-0.2, -0.15) is 0 Å². The lowest BCUT2D eigenvalue weighted by Crippen LogP contribution is -2.31. The van der Waals surface area contributed by atoms with Gasteiger partial charge in [-0.15, -0.1) is 0 Å². The smallest absolute Gasteiger partial charge is 0.251 e. The molecule has 1 fully saturated rings. The molecule has 0 heterocycles. The molecule has 0 saturated heterocycles. The molecule has 1 amide bonds. The normalized spacial score (nSPS) is 22.8. The van der Waals surface area contributed by atoms with E-state index >= 15 is 0 Å². The SMILES string of the molecule is CC(C)(C)c1ccccc1C(=O)NCC1CCC(N)C1. The number of carbonyl (C=O) groups is 1. The molecule has 3 N–H and O–H groups in total. The maximum atomic E-state index is 12.4. The van der Waals surface area contributed by atoms with Crippen LogP contribution in [0.1, 0.15) is 56.0 Å². The number of nitrogens with one attached hydrogen (secondary N) is 1. The Labute approximate surface area is 121 Å². The van der Waals surface area contributed by atoms with Crippen LogP contribution in [-0.4, -0.2) is 18.5 Å². The van der Waals surface area contributed by atoms with Gasteiger partial charge in [0.15, 0.2) is 0 Å². The van der Waals surface area contributed by atoms with E-state index in [1.807, 2.05) is 24.3 Å². The van der Waals surface area contributed by atoms with Crippen molar-refractivity contribution in [3.63, 3.8) is 0 Å². The second kappa shape index (κ2) is 5.96. The summed E-state index contributed by atoms with van der Waals surface area (Å²) in [6, 6.07) is 8.19. The van der Waals surface area contributed by atoms with Crippen LogP contribution in [0.5, 0.6) is 0 Å². The summed E-state index contributed by atoms with van der Waals surface area (Å²) in [6.45, 7) is 7.14. The Balaban J connectivity index is 2.02. The molecule has 0 spiro atoms. The Bertz CT molecular complexity index is 476. The molecule has 20 heavy (non-hydrogen) atoms. The lowest BCUT2D eigenvalue weighted by Gasteiger charge is -2.22. The second-order valence-corrected chi connectivity index (χ2v) is 6.94. The topological polar surface area (TPSA) is 55.1 Å². The first kappa shape index (κ1) is 15.0. The van der Waals surface area contributed by atoms with E-state index < -0.39 is 0 Å². The first-order valence-corrected chi connectivity index (χ1v) is 7.51. The molecule has 2 rings (SSSR count). The van der Waals surface area contributed by atoms with Gasteiger partial charge in [-0.1, -0.05) is 39.0 Å². The monoisotopic (exact) mass is 274 g/mol. The highest BCUT2D eigenvalue weighted by molar-refractivity contribution is 5.96. The van der Waals surface area contributed by atoms with Crippen molar-refractivity contribution < 1.29 is 4.79 Å². The largest absolute Gasteiger partial charge is 0.352 e. The number of hydrogen-bond acceptors (Lipinski definition) is 2. The van der Waals surface area contributed by atoms with Gasteiger partial charge in [-0.25, -0.2) is 0 Å². The molecule has 0 radical (unpaired) electrons. The summed E-state index contributed by atoms with van der Waals surface area (Å²) < 4.78 is 0. The average molecular weight is 274 g/mol. The first-order chi connectivity index (χ1) is 9.38. The standard InChI is InChI=1S/C17H26N2O/c1-17(2,3)15-7-5-4-6-14(15)16(20)19-11-12-8-9-13(18)10-12/h4-7,12-13H,8-11,18H2,1-3H3,(H,19,20). The maximum Gasteiger partial charge on any atom is 0.251 e. The third kappa shape index (κ3) is 3.60. The van der Waals surface area contributed by atoms with E-state index in [4.69, 9.17) is 5.73 Å². The van der Waals surface area contributed by atoms with Gasteiger partial charge in [-0.3, -0.25) is 4.79 Å². The number of nitrogens with two attached hydrogens (primary N) is 1. The van der Waals surface area contributed by atoms with Crippen LogP contribution < -0.4 is 11.1 Å². The Morgan fingerprint density at radius 3 is 2.60 bits per heavy atom. The van der Waals surface area contributed by atoms with Crippen LogP contribution in [0.15, 0.2) is 24.3 Å². The summed E-state index contributed by atoms with van der Waals surface area (Å²) >= 11 is 0. The van der Waals surface area contributed by atoms with Crippen LogP contribution in [0.2, 0.25) is 0 Å². The molecule has 2 unspecified atom stereocenters. The summed E-state index contributed by atoms with van der Waals surface area (Å²) in [6.07, 6.45) is 3.24. The highest BCUT2D eigenvalue weighted by Crippen LogP contribution is 2.26. The lowest BCUT2D eigenvalue weighted by molar-refractivity contribution is 0.0945. The number of amides is 1. The number of hydrogen-bond donors (Lipinski definition) is 2. The first-order valence-electron chi connectivity index (χ1n) is 7.51. The molecule has 1 aromatic carbocycles. The van der Waals surface area contributed by atoms with E-state index in [-0.39, 0.29) is 11.3 Å². The minimum Gasteiger partial charge on any atom is -0.352 e. The van der Waals surface area contributed by atoms with Crippen molar-refractivity contribution in [2.24, 2.45) is 11.7 Å². The van der Waals surface area contributed by atoms with Crippen LogP contribution in [0.4, 0.5) is 0 Å². The highest BCUT2D eigenvalue weighted by Gasteiger charge is 2.24. The molecule has 1 aliphatic rings. The van der Waals surface area contributed by atoms with Crippen LogP contribution >= 0.6 is 0 Å². The second-order valence-electron chi connectivity index (χ2n) is 6.94. The van der Waals surface area contributed by atoms with Gasteiger partial charge in [0.1, 0.15) is 0 Å². The average Bonchev–Trinajstić information content (AvgIpc) is 2.81. The minimum atomic E-state index is -0.0242. The van der Waals surface area contributed by atoms with E-state index in [0.29, 0.717) is 12.0 Å². The van der Waals surface area contributed by atoms with Crippen molar-refractivity contribution in [2.45, 2.75) is 51.5 Å². The van der Waals surface area contributed by atoms with Gasteiger partial charge in [0.25, 0.3) is 5.91 Å². The Morgan fingerprint density at radius 2 is 2.00 bits per heavy atom. The third-order valence-corrected chi connectivity index (χ3v) is 4.11. The van der Waals surface area contributed by atoms with Crippen LogP contribution in [0.25, 0.3) is 0 Å². The van der Waals surface area contributed by atoms with E-state index in [1.54, 1.807) is 0 Å². The zero-order valence-electron chi connectivity index (χ0n) is 12.8. The molecule has 3 heteroatoms. The van der Waals surface area contributed by atoms with E-state index in [2.05, 4.69) is 26.1 Å². The quantitative estimate of drug-likeness (QED) is 0.890. The Kier molecular flexibility index (Phi) is 4.48. The van der Waals surface area contributed by atoms with Crippen LogP contribution in [0, 0.1) is 5.92 Å². The van der Waals surface area contributed by atoms with Gasteiger partial charge in [0, 0.05) is 18.2 Å². The van der Waals surface area contributed by atoms with Crippen molar-refractivity contribution in [1.82, 2.24) is 5.32 Å². The molecule has 1 saturated carbocycles. The maximum absolute atomic E-state index is 12.4. The summed E-state index contributed by atoms with van der Waals surface area (Å²) in [5, 5.41) is 3.08. The summed E-state index contributed by atoms with van der Waals surface area (Å²) in [4.78, 5) is 12.4. The Morgan fingerprint density at radius 1 is 1.30 bits per heavy atom. The minimum absolute atomic E-state index is 0.0242. The van der Waals surface area contributed by atoms with Crippen LogP contribution in [0.3, 0.4) is 0 Å². The zero-order valence-corrected chi connectivity index (χ0v) is 12.8. The molecule has 110 valence electrons. The van der Waals surface area contributed by atoms with Crippen molar-refractivity contribution in [2.75, 3.05) is 6.54 Å². The molecular weight excluding hydrogens is 248 g/mol. The fourth-order valence-electron chi connectivity index (χ4n) is 2.97. The van der Waals surface area contributed by atoms with Crippen LogP contribution in [-0.2, 0) is 5.41 Å². The van der Waals surface area contributed by atoms with Crippen molar-refractivity contribution in [3.05, 3.63) is 35.4 Å². The predicted molar refractivity (Wildman–Crippen MR) is 82.8 cm³/mol. The number of carbonyl (C=O) groups excluding carboxylic acids is 1. The molecule has 0 aromatic heterocycles. The number of rotatable bonds is 3. The predicted octanol–water partition coefficient (Wildman–Crippen LogP) is 2.84. The molecule has 1 aliphatic carbocycles. The summed E-state index contributed by atoms with van der Waals surface area (Å²) in [5.74, 6) is 0.576. The molecular formula is C17H26N2O. The van der Waals surface area contributed by atoms with E-state index in [1.165, 1.54) is 0 Å². The third-order valence-electron chi connectivity index (χ3n) is 4.11. The van der Waals surface area contributed by atoms with Gasteiger partial charge < -0.3 is 11.1 Å². The fourth-order valence-corrected chi connectivity index (χ4v) is 2.97. The van der Waals surface area contributed by atoms with Gasteiger partial charge in [0.05, 0.1) is 0 Å². The van der Waals surface area contributed by atoms with E-state index in [0.717, 1.165) is 36.9 Å². The molecule has 2 atom stereocenters. The van der Waals surface area contributed by atoms with Gasteiger partial charge in [-0.05, 0) is 42.2 Å². The zero-order chi connectivity index (χ0) is 14.8. The van der Waals surface area contributed by atoms with Crippen molar-refractivity contribution >= 4 is 5.91 Å². The van der Waals surface area contributed by atoms with Gasteiger partial charge in [0.2, 0.25) is 0 Å². The Hall–Kier alpha value is -1.35. The molecule has 0 bridgehead atoms. The molecule has 1 aromatic rings. The lowest BCUT2D eigenvalue weighted by atomic mass is 9.83. The van der Waals surface area contributed by atoms with Crippen molar-refractivity contribution in [3.8, 4) is 0 Å². The van der Waals surface area contributed by atoms with Gasteiger partial charge >= 0.3 is 0 Å². The number of benzene rings is 1. The molecule has 3 nitrogen and oxygen atoms in total. The summed E-state index contributed by atoms with van der Waals surface area (Å²) in [5.41, 5.74) is 7.78. The molecule has 0 aliphatic heterocycles. The van der Waals surface area contributed by atoms with E-state index in [9.17, 15) is 4.79 Å². The summed E-state index contributed by atoms with van der Waals surface area (Å²) in [7, 11) is 0.